The fourth-order valence-electron chi connectivity index (χ4n) is 1.86. The van der Waals surface area contributed by atoms with Gasteiger partial charge in [0.25, 0.3) is 0 Å². The molecule has 0 saturated heterocycles. The second-order valence-corrected chi connectivity index (χ2v) is 4.60. The Morgan fingerprint density at radius 1 is 0.875 bits per heavy atom. The van der Waals surface area contributed by atoms with Gasteiger partial charge in [-0.3, -0.25) is 9.59 Å². The van der Waals surface area contributed by atoms with Gasteiger partial charge < -0.3 is 20.1 Å². The zero-order valence-corrected chi connectivity index (χ0v) is 12.9. The smallest absolute Gasteiger partial charge is 0.314 e. The fraction of sp³-hybridized carbons (Fsp3) is 0.125. The van der Waals surface area contributed by atoms with Crippen molar-refractivity contribution in [1.29, 1.82) is 0 Å². The molecule has 0 aliphatic carbocycles. The average Bonchev–Trinajstić information content (AvgIpc) is 2.57. The molecule has 2 aromatic carbocycles. The molecule has 0 radical (unpaired) electrons. The van der Waals surface area contributed by atoms with E-state index in [0.717, 1.165) is 18.2 Å². The van der Waals surface area contributed by atoms with E-state index in [9.17, 15) is 18.4 Å². The lowest BCUT2D eigenvalue weighted by atomic mass is 10.2. The fourth-order valence-corrected chi connectivity index (χ4v) is 1.86. The van der Waals surface area contributed by atoms with Crippen molar-refractivity contribution in [3.8, 4) is 11.5 Å². The Morgan fingerprint density at radius 2 is 1.54 bits per heavy atom. The maximum atomic E-state index is 13.5. The number of benzene rings is 2. The van der Waals surface area contributed by atoms with Crippen molar-refractivity contribution in [2.45, 2.75) is 0 Å². The molecule has 0 fully saturated rings. The van der Waals surface area contributed by atoms with Crippen LogP contribution in [0, 0.1) is 11.6 Å². The summed E-state index contributed by atoms with van der Waals surface area (Å²) in [4.78, 5) is 23.8. The Kier molecular flexibility index (Phi) is 5.31. The number of halogens is 2. The van der Waals surface area contributed by atoms with Gasteiger partial charge >= 0.3 is 11.8 Å². The predicted octanol–water partition coefficient (Wildman–Crippen LogP) is 2.56. The molecule has 0 aromatic heterocycles. The van der Waals surface area contributed by atoms with Gasteiger partial charge in [-0.2, -0.15) is 0 Å². The Labute approximate surface area is 136 Å². The number of carbonyl (C=O) groups is 2. The highest BCUT2D eigenvalue weighted by molar-refractivity contribution is 6.43. The van der Waals surface area contributed by atoms with Crippen LogP contribution >= 0.6 is 0 Å². The summed E-state index contributed by atoms with van der Waals surface area (Å²) >= 11 is 0. The first-order chi connectivity index (χ1) is 11.4. The Hall–Kier alpha value is -3.16. The Bertz CT molecular complexity index is 781. The molecule has 0 atom stereocenters. The van der Waals surface area contributed by atoms with Crippen LogP contribution in [0.3, 0.4) is 0 Å². The lowest BCUT2D eigenvalue weighted by molar-refractivity contribution is -0.133. The van der Waals surface area contributed by atoms with Gasteiger partial charge in [-0.05, 0) is 24.3 Å². The van der Waals surface area contributed by atoms with Gasteiger partial charge in [0.05, 0.1) is 25.6 Å². The number of ether oxygens (including phenoxy) is 2. The highest BCUT2D eigenvalue weighted by Gasteiger charge is 2.18. The minimum Gasteiger partial charge on any atom is -0.497 e. The van der Waals surface area contributed by atoms with Crippen molar-refractivity contribution in [3.05, 3.63) is 48.0 Å². The zero-order chi connectivity index (χ0) is 17.7. The van der Waals surface area contributed by atoms with Crippen LogP contribution in [0.1, 0.15) is 0 Å². The summed E-state index contributed by atoms with van der Waals surface area (Å²) in [5.74, 6) is -3.12. The lowest BCUT2D eigenvalue weighted by Crippen LogP contribution is -2.29. The normalized spacial score (nSPS) is 10.0. The number of carbonyl (C=O) groups excluding carboxylic acids is 2. The van der Waals surface area contributed by atoms with Crippen molar-refractivity contribution in [3.63, 3.8) is 0 Å². The van der Waals surface area contributed by atoms with Crippen molar-refractivity contribution in [2.24, 2.45) is 0 Å². The molecule has 24 heavy (non-hydrogen) atoms. The van der Waals surface area contributed by atoms with E-state index in [1.807, 2.05) is 5.32 Å². The van der Waals surface area contributed by atoms with Gasteiger partial charge in [0.15, 0.2) is 0 Å². The number of anilines is 2. The second-order valence-electron chi connectivity index (χ2n) is 4.60. The first-order valence-corrected chi connectivity index (χ1v) is 6.74. The molecule has 2 aromatic rings. The van der Waals surface area contributed by atoms with Gasteiger partial charge in [-0.1, -0.05) is 0 Å². The number of methoxy groups -OCH3 is 2. The van der Waals surface area contributed by atoms with Gasteiger partial charge in [-0.25, -0.2) is 8.78 Å². The van der Waals surface area contributed by atoms with Crippen molar-refractivity contribution in [1.82, 2.24) is 0 Å². The first-order valence-electron chi connectivity index (χ1n) is 6.74. The molecule has 2 rings (SSSR count). The van der Waals surface area contributed by atoms with Crippen LogP contribution in [0.5, 0.6) is 11.5 Å². The molecule has 0 saturated carbocycles. The quantitative estimate of drug-likeness (QED) is 0.842. The molecule has 8 heteroatoms. The van der Waals surface area contributed by atoms with Crippen LogP contribution in [-0.2, 0) is 9.59 Å². The molecule has 0 spiro atoms. The van der Waals surface area contributed by atoms with Crippen molar-refractivity contribution in [2.75, 3.05) is 24.9 Å². The van der Waals surface area contributed by atoms with E-state index >= 15 is 0 Å². The third-order valence-electron chi connectivity index (χ3n) is 3.04. The molecule has 2 N–H and O–H groups in total. The van der Waals surface area contributed by atoms with Crippen LogP contribution in [0.15, 0.2) is 36.4 Å². The first kappa shape index (κ1) is 17.2. The summed E-state index contributed by atoms with van der Waals surface area (Å²) in [5.41, 5.74) is -0.246. The van der Waals surface area contributed by atoms with E-state index in [4.69, 9.17) is 9.47 Å². The molecular formula is C16H14F2N2O4. The molecule has 6 nitrogen and oxygen atoms in total. The molecule has 2 amide bonds. The van der Waals surface area contributed by atoms with E-state index < -0.39 is 29.1 Å². The molecular weight excluding hydrogens is 322 g/mol. The van der Waals surface area contributed by atoms with Crippen LogP contribution in [0.2, 0.25) is 0 Å². The van der Waals surface area contributed by atoms with E-state index in [1.165, 1.54) is 20.3 Å². The third-order valence-corrected chi connectivity index (χ3v) is 3.04. The summed E-state index contributed by atoms with van der Waals surface area (Å²) in [6.07, 6.45) is 0. The summed E-state index contributed by atoms with van der Waals surface area (Å²) < 4.78 is 36.7. The number of amides is 2. The van der Waals surface area contributed by atoms with Gasteiger partial charge in [0.1, 0.15) is 23.1 Å². The number of rotatable bonds is 4. The van der Waals surface area contributed by atoms with E-state index in [2.05, 4.69) is 5.32 Å². The molecule has 126 valence electrons. The summed E-state index contributed by atoms with van der Waals surface area (Å²) in [5, 5.41) is 4.32. The maximum Gasteiger partial charge on any atom is 0.314 e. The Morgan fingerprint density at radius 3 is 2.17 bits per heavy atom. The topological polar surface area (TPSA) is 76.7 Å². The van der Waals surface area contributed by atoms with Gasteiger partial charge in [-0.15, -0.1) is 0 Å². The summed E-state index contributed by atoms with van der Waals surface area (Å²) in [6.45, 7) is 0. The van der Waals surface area contributed by atoms with E-state index in [-0.39, 0.29) is 5.69 Å². The molecule has 0 aliphatic heterocycles. The van der Waals surface area contributed by atoms with E-state index in [1.54, 1.807) is 12.1 Å². The minimum atomic E-state index is -1.16. The van der Waals surface area contributed by atoms with Gasteiger partial charge in [0.2, 0.25) is 0 Å². The zero-order valence-electron chi connectivity index (χ0n) is 12.9. The van der Waals surface area contributed by atoms with Crippen molar-refractivity contribution >= 4 is 23.2 Å². The van der Waals surface area contributed by atoms with Crippen LogP contribution in [0.4, 0.5) is 20.2 Å². The van der Waals surface area contributed by atoms with E-state index in [0.29, 0.717) is 11.5 Å². The highest BCUT2D eigenvalue weighted by atomic mass is 19.1. The number of hydrogen-bond donors (Lipinski definition) is 2. The summed E-state index contributed by atoms with van der Waals surface area (Å²) in [7, 11) is 2.83. The number of hydrogen-bond acceptors (Lipinski definition) is 4. The monoisotopic (exact) mass is 336 g/mol. The SMILES string of the molecule is COc1ccc(OC)c(NC(=O)C(=O)Nc2cc(F)ccc2F)c1. The average molecular weight is 336 g/mol. The molecule has 0 heterocycles. The molecule has 0 unspecified atom stereocenters. The third kappa shape index (κ3) is 3.97. The van der Waals surface area contributed by atoms with Crippen LogP contribution in [0.25, 0.3) is 0 Å². The van der Waals surface area contributed by atoms with Gasteiger partial charge in [0, 0.05) is 12.1 Å². The highest BCUT2D eigenvalue weighted by Crippen LogP contribution is 2.28. The lowest BCUT2D eigenvalue weighted by Gasteiger charge is -2.12. The van der Waals surface area contributed by atoms with Crippen LogP contribution < -0.4 is 20.1 Å². The Balaban J connectivity index is 2.14. The largest absolute Gasteiger partial charge is 0.497 e. The predicted molar refractivity (Wildman–Crippen MR) is 83.2 cm³/mol. The minimum absolute atomic E-state index is 0.191. The molecule has 0 bridgehead atoms. The van der Waals surface area contributed by atoms with Crippen LogP contribution in [-0.4, -0.2) is 26.0 Å². The van der Waals surface area contributed by atoms with Crippen molar-refractivity contribution < 1.29 is 27.8 Å². The molecule has 0 aliphatic rings. The standard InChI is InChI=1S/C16H14F2N2O4/c1-23-10-4-6-14(24-2)13(8-10)20-16(22)15(21)19-12-7-9(17)3-5-11(12)18/h3-8H,1-2H3,(H,19,21)(H,20,22). The second kappa shape index (κ2) is 7.40. The maximum absolute atomic E-state index is 13.5. The number of nitrogens with one attached hydrogen (secondary N) is 2. The summed E-state index contributed by atoms with van der Waals surface area (Å²) in [6, 6.07) is 7.11.